The van der Waals surface area contributed by atoms with Gasteiger partial charge in [-0.2, -0.15) is 0 Å². The number of rotatable bonds is 5. The average Bonchev–Trinajstić information content (AvgIpc) is 2.96. The summed E-state index contributed by atoms with van der Waals surface area (Å²) in [5, 5.41) is 2.58. The van der Waals surface area contributed by atoms with Crippen molar-refractivity contribution in [1.82, 2.24) is 10.2 Å². The molecule has 0 bridgehead atoms. The number of carbonyl (C=O) groups excluding carboxylic acids is 2. The summed E-state index contributed by atoms with van der Waals surface area (Å²) in [5.74, 6) is 0.965. The fourth-order valence-corrected chi connectivity index (χ4v) is 3.55. The molecule has 0 aromatic rings. The van der Waals surface area contributed by atoms with E-state index >= 15 is 0 Å². The Balaban J connectivity index is 0.00000220. The van der Waals surface area contributed by atoms with Gasteiger partial charge in [-0.3, -0.25) is 4.79 Å². The van der Waals surface area contributed by atoms with Gasteiger partial charge in [-0.05, 0) is 31.1 Å². The van der Waals surface area contributed by atoms with E-state index in [0.717, 1.165) is 38.8 Å². The highest BCUT2D eigenvalue weighted by molar-refractivity contribution is 5.86. The molecule has 2 fully saturated rings. The van der Waals surface area contributed by atoms with Crippen LogP contribution in [0.25, 0.3) is 0 Å². The van der Waals surface area contributed by atoms with Gasteiger partial charge in [0, 0.05) is 19.1 Å². The molecule has 0 radical (unpaired) electrons. The zero-order valence-corrected chi connectivity index (χ0v) is 13.4. The van der Waals surface area contributed by atoms with Gasteiger partial charge in [0.2, 0.25) is 5.91 Å². The van der Waals surface area contributed by atoms with Crippen LogP contribution in [-0.2, 0) is 4.79 Å². The number of likely N-dealkylation sites (tertiary alicyclic amines) is 1. The summed E-state index contributed by atoms with van der Waals surface area (Å²) in [6.45, 7) is 3.57. The number of nitrogens with zero attached hydrogens (tertiary/aromatic N) is 1. The molecular formula is C14H27ClN4O2. The van der Waals surface area contributed by atoms with Crippen LogP contribution >= 0.6 is 12.4 Å². The van der Waals surface area contributed by atoms with Crippen molar-refractivity contribution in [2.24, 2.45) is 23.3 Å². The predicted octanol–water partition coefficient (Wildman–Crippen LogP) is 0.831. The number of hydrogen-bond donors (Lipinski definition) is 3. The van der Waals surface area contributed by atoms with Gasteiger partial charge in [0.25, 0.3) is 0 Å². The van der Waals surface area contributed by atoms with Gasteiger partial charge in [0.1, 0.15) is 6.04 Å². The molecule has 0 aromatic carbocycles. The SMILES string of the molecule is CCCCC(NC(N)=O)C(=O)N1CC2CCC(N)C2C1.Cl. The molecular weight excluding hydrogens is 292 g/mol. The molecule has 0 aromatic heterocycles. The minimum absolute atomic E-state index is 0. The third-order valence-corrected chi connectivity index (χ3v) is 4.68. The van der Waals surface area contributed by atoms with Crippen molar-refractivity contribution in [3.05, 3.63) is 0 Å². The Labute approximate surface area is 132 Å². The minimum atomic E-state index is -0.629. The van der Waals surface area contributed by atoms with E-state index in [0.29, 0.717) is 18.3 Å². The van der Waals surface area contributed by atoms with Crippen LogP contribution in [0.3, 0.4) is 0 Å². The highest BCUT2D eigenvalue weighted by Gasteiger charge is 2.43. The number of halogens is 1. The van der Waals surface area contributed by atoms with E-state index in [2.05, 4.69) is 12.2 Å². The van der Waals surface area contributed by atoms with Crippen molar-refractivity contribution < 1.29 is 9.59 Å². The first-order chi connectivity index (χ1) is 9.52. The van der Waals surface area contributed by atoms with Gasteiger partial charge >= 0.3 is 6.03 Å². The maximum atomic E-state index is 12.5. The maximum absolute atomic E-state index is 12.5. The summed E-state index contributed by atoms with van der Waals surface area (Å²) in [4.78, 5) is 25.5. The standard InChI is InChI=1S/C14H26N4O2.ClH/c1-2-3-4-12(17-14(16)20)13(19)18-7-9-5-6-11(15)10(9)8-18;/h9-12H,2-8,15H2,1H3,(H3,16,17,20);1H. The molecule has 1 heterocycles. The number of primary amides is 1. The number of amides is 3. The van der Waals surface area contributed by atoms with Crippen LogP contribution < -0.4 is 16.8 Å². The van der Waals surface area contributed by atoms with Crippen molar-refractivity contribution in [1.29, 1.82) is 0 Å². The molecule has 5 N–H and O–H groups in total. The summed E-state index contributed by atoms with van der Waals surface area (Å²) in [6.07, 6.45) is 4.71. The lowest BCUT2D eigenvalue weighted by Crippen LogP contribution is -2.50. The molecule has 4 unspecified atom stereocenters. The minimum Gasteiger partial charge on any atom is -0.352 e. The van der Waals surface area contributed by atoms with E-state index in [9.17, 15) is 9.59 Å². The number of nitrogens with one attached hydrogen (secondary N) is 1. The first kappa shape index (κ1) is 18.0. The average molecular weight is 319 g/mol. The molecule has 2 aliphatic rings. The number of hydrogen-bond acceptors (Lipinski definition) is 3. The lowest BCUT2D eigenvalue weighted by Gasteiger charge is -2.25. The van der Waals surface area contributed by atoms with Crippen LogP contribution in [0.4, 0.5) is 4.79 Å². The zero-order chi connectivity index (χ0) is 14.7. The normalized spacial score (nSPS) is 28.7. The summed E-state index contributed by atoms with van der Waals surface area (Å²) in [7, 11) is 0. The summed E-state index contributed by atoms with van der Waals surface area (Å²) in [5.41, 5.74) is 11.3. The number of carbonyl (C=O) groups is 2. The van der Waals surface area contributed by atoms with Crippen LogP contribution in [0, 0.1) is 11.8 Å². The smallest absolute Gasteiger partial charge is 0.312 e. The summed E-state index contributed by atoms with van der Waals surface area (Å²) < 4.78 is 0. The Kier molecular flexibility index (Phi) is 6.74. The van der Waals surface area contributed by atoms with Gasteiger partial charge in [-0.25, -0.2) is 4.79 Å². The summed E-state index contributed by atoms with van der Waals surface area (Å²) >= 11 is 0. The number of fused-ring (bicyclic) bond motifs is 1. The molecule has 1 aliphatic heterocycles. The Hall–Kier alpha value is -1.01. The molecule has 7 heteroatoms. The van der Waals surface area contributed by atoms with Gasteiger partial charge in [0.15, 0.2) is 0 Å². The van der Waals surface area contributed by atoms with Gasteiger partial charge in [-0.15, -0.1) is 12.4 Å². The molecule has 21 heavy (non-hydrogen) atoms. The van der Waals surface area contributed by atoms with Crippen LogP contribution in [-0.4, -0.2) is 42.0 Å². The highest BCUT2D eigenvalue weighted by atomic mass is 35.5. The molecule has 122 valence electrons. The Morgan fingerprint density at radius 1 is 1.33 bits per heavy atom. The zero-order valence-electron chi connectivity index (χ0n) is 12.6. The second kappa shape index (κ2) is 7.84. The van der Waals surface area contributed by atoms with E-state index in [4.69, 9.17) is 11.5 Å². The molecule has 0 spiro atoms. The molecule has 1 aliphatic carbocycles. The lowest BCUT2D eigenvalue weighted by molar-refractivity contribution is -0.132. The second-order valence-electron chi connectivity index (χ2n) is 6.11. The van der Waals surface area contributed by atoms with Gasteiger partial charge in [-0.1, -0.05) is 19.8 Å². The fraction of sp³-hybridized carbons (Fsp3) is 0.857. The van der Waals surface area contributed by atoms with Crippen molar-refractivity contribution in [2.75, 3.05) is 13.1 Å². The van der Waals surface area contributed by atoms with E-state index in [-0.39, 0.29) is 24.4 Å². The van der Waals surface area contributed by atoms with Gasteiger partial charge in [0.05, 0.1) is 0 Å². The van der Waals surface area contributed by atoms with E-state index < -0.39 is 12.1 Å². The van der Waals surface area contributed by atoms with Crippen LogP contribution in [0.15, 0.2) is 0 Å². The number of nitrogens with two attached hydrogens (primary N) is 2. The summed E-state index contributed by atoms with van der Waals surface area (Å²) in [6, 6.07) is -0.894. The van der Waals surface area contributed by atoms with E-state index in [1.807, 2.05) is 4.90 Å². The molecule has 3 amide bonds. The quantitative estimate of drug-likeness (QED) is 0.699. The van der Waals surface area contributed by atoms with E-state index in [1.165, 1.54) is 0 Å². The monoisotopic (exact) mass is 318 g/mol. The fourth-order valence-electron chi connectivity index (χ4n) is 3.55. The first-order valence-electron chi connectivity index (χ1n) is 7.63. The van der Waals surface area contributed by atoms with E-state index in [1.54, 1.807) is 0 Å². The number of unbranched alkanes of at least 4 members (excludes halogenated alkanes) is 1. The molecule has 6 nitrogen and oxygen atoms in total. The molecule has 4 atom stereocenters. The van der Waals surface area contributed by atoms with Crippen molar-refractivity contribution in [2.45, 2.75) is 51.1 Å². The predicted molar refractivity (Wildman–Crippen MR) is 84.0 cm³/mol. The van der Waals surface area contributed by atoms with Gasteiger partial charge < -0.3 is 21.7 Å². The van der Waals surface area contributed by atoms with Crippen LogP contribution in [0.2, 0.25) is 0 Å². The second-order valence-corrected chi connectivity index (χ2v) is 6.11. The third-order valence-electron chi connectivity index (χ3n) is 4.68. The Morgan fingerprint density at radius 2 is 2.05 bits per heavy atom. The molecule has 1 saturated carbocycles. The Bertz CT molecular complexity index is 380. The topological polar surface area (TPSA) is 101 Å². The van der Waals surface area contributed by atoms with Crippen molar-refractivity contribution in [3.8, 4) is 0 Å². The first-order valence-corrected chi connectivity index (χ1v) is 7.63. The number of urea groups is 1. The Morgan fingerprint density at radius 3 is 2.62 bits per heavy atom. The lowest BCUT2D eigenvalue weighted by atomic mass is 9.98. The molecule has 2 rings (SSSR count). The van der Waals surface area contributed by atoms with Crippen LogP contribution in [0.5, 0.6) is 0 Å². The largest absolute Gasteiger partial charge is 0.352 e. The van der Waals surface area contributed by atoms with Crippen molar-refractivity contribution in [3.63, 3.8) is 0 Å². The third kappa shape index (κ3) is 4.23. The maximum Gasteiger partial charge on any atom is 0.312 e. The highest BCUT2D eigenvalue weighted by Crippen LogP contribution is 2.37. The van der Waals surface area contributed by atoms with Crippen LogP contribution in [0.1, 0.15) is 39.0 Å². The van der Waals surface area contributed by atoms with Crippen molar-refractivity contribution >= 4 is 24.3 Å². The molecule has 1 saturated heterocycles.